The van der Waals surface area contributed by atoms with E-state index in [1.54, 1.807) is 0 Å². The molecule has 14 heavy (non-hydrogen) atoms. The quantitative estimate of drug-likeness (QED) is 0.854. The number of hydrogen-bond acceptors (Lipinski definition) is 2. The molecule has 0 amide bonds. The number of halogens is 1. The van der Waals surface area contributed by atoms with Gasteiger partial charge in [-0.3, -0.25) is 0 Å². The van der Waals surface area contributed by atoms with Crippen LogP contribution in [0, 0.1) is 13.8 Å². The van der Waals surface area contributed by atoms with E-state index in [4.69, 9.17) is 0 Å². The maximum Gasteiger partial charge on any atom is 0.123 e. The van der Waals surface area contributed by atoms with E-state index in [0.717, 1.165) is 21.2 Å². The molecule has 3 heteroatoms. The summed E-state index contributed by atoms with van der Waals surface area (Å²) in [5.74, 6) is 0.396. The van der Waals surface area contributed by atoms with Crippen LogP contribution in [0.2, 0.25) is 0 Å². The molecular formula is C11H16BrNO. The molecule has 0 radical (unpaired) electrons. The first-order valence-electron chi connectivity index (χ1n) is 4.64. The maximum absolute atomic E-state index is 9.94. The first-order valence-corrected chi connectivity index (χ1v) is 5.44. The minimum absolute atomic E-state index is 0.159. The molecule has 0 saturated carbocycles. The lowest BCUT2D eigenvalue weighted by Crippen LogP contribution is -2.14. The van der Waals surface area contributed by atoms with E-state index in [9.17, 15) is 5.11 Å². The minimum Gasteiger partial charge on any atom is -0.507 e. The molecule has 0 aliphatic rings. The summed E-state index contributed by atoms with van der Waals surface area (Å²) in [7, 11) is 1.89. The maximum atomic E-state index is 9.94. The van der Waals surface area contributed by atoms with Gasteiger partial charge in [-0.25, -0.2) is 0 Å². The normalized spacial score (nSPS) is 12.9. The summed E-state index contributed by atoms with van der Waals surface area (Å²) in [5, 5.41) is 13.1. The molecule has 1 unspecified atom stereocenters. The Kier molecular flexibility index (Phi) is 3.56. The van der Waals surface area contributed by atoms with Gasteiger partial charge in [0.15, 0.2) is 0 Å². The molecule has 1 atom stereocenters. The van der Waals surface area contributed by atoms with Gasteiger partial charge in [0, 0.05) is 16.1 Å². The van der Waals surface area contributed by atoms with Gasteiger partial charge in [0.05, 0.1) is 0 Å². The van der Waals surface area contributed by atoms with E-state index in [1.165, 1.54) is 0 Å². The summed E-state index contributed by atoms with van der Waals surface area (Å²) in [5.41, 5.74) is 2.97. The van der Waals surface area contributed by atoms with E-state index in [2.05, 4.69) is 21.2 Å². The topological polar surface area (TPSA) is 32.3 Å². The third-order valence-electron chi connectivity index (χ3n) is 2.60. The number of nitrogens with one attached hydrogen (secondary N) is 1. The number of rotatable bonds is 2. The predicted octanol–water partition coefficient (Wildman–Crippen LogP) is 3.05. The van der Waals surface area contributed by atoms with Gasteiger partial charge >= 0.3 is 0 Å². The fourth-order valence-electron chi connectivity index (χ4n) is 1.56. The van der Waals surface area contributed by atoms with Crippen LogP contribution in [0.15, 0.2) is 10.5 Å². The van der Waals surface area contributed by atoms with Gasteiger partial charge in [0.1, 0.15) is 5.75 Å². The Bertz CT molecular complexity index is 323. The Balaban J connectivity index is 3.39. The first-order chi connectivity index (χ1) is 6.49. The van der Waals surface area contributed by atoms with Crippen LogP contribution in [-0.2, 0) is 0 Å². The van der Waals surface area contributed by atoms with Crippen LogP contribution in [0.1, 0.15) is 29.7 Å². The van der Waals surface area contributed by atoms with Crippen LogP contribution in [0.5, 0.6) is 5.75 Å². The van der Waals surface area contributed by atoms with Crippen molar-refractivity contribution in [2.45, 2.75) is 26.8 Å². The number of benzene rings is 1. The molecule has 2 N–H and O–H groups in total. The molecular weight excluding hydrogens is 242 g/mol. The van der Waals surface area contributed by atoms with E-state index >= 15 is 0 Å². The smallest absolute Gasteiger partial charge is 0.123 e. The molecule has 1 rings (SSSR count). The van der Waals surface area contributed by atoms with Crippen molar-refractivity contribution in [1.82, 2.24) is 5.32 Å². The highest BCUT2D eigenvalue weighted by molar-refractivity contribution is 9.10. The van der Waals surface area contributed by atoms with Crippen LogP contribution >= 0.6 is 15.9 Å². The zero-order valence-corrected chi connectivity index (χ0v) is 10.6. The largest absolute Gasteiger partial charge is 0.507 e. The molecule has 1 aromatic rings. The Morgan fingerprint density at radius 1 is 1.43 bits per heavy atom. The Hall–Kier alpha value is -0.540. The average Bonchev–Trinajstić information content (AvgIpc) is 2.15. The van der Waals surface area contributed by atoms with Gasteiger partial charge in [-0.15, -0.1) is 0 Å². The Morgan fingerprint density at radius 2 is 2.00 bits per heavy atom. The zero-order valence-electron chi connectivity index (χ0n) is 8.98. The van der Waals surface area contributed by atoms with Crippen molar-refractivity contribution in [3.05, 3.63) is 27.2 Å². The van der Waals surface area contributed by atoms with Crippen LogP contribution in [-0.4, -0.2) is 12.2 Å². The second-order valence-corrected chi connectivity index (χ2v) is 4.43. The number of phenols is 1. The molecule has 2 nitrogen and oxygen atoms in total. The highest BCUT2D eigenvalue weighted by Gasteiger charge is 2.15. The first kappa shape index (κ1) is 11.5. The summed E-state index contributed by atoms with van der Waals surface area (Å²) in [4.78, 5) is 0. The molecule has 0 aliphatic heterocycles. The van der Waals surface area contributed by atoms with Crippen LogP contribution in [0.25, 0.3) is 0 Å². The molecule has 0 saturated heterocycles. The molecule has 0 fully saturated rings. The molecule has 0 heterocycles. The summed E-state index contributed by atoms with van der Waals surface area (Å²) in [6.45, 7) is 5.95. The number of aromatic hydroxyl groups is 1. The number of hydrogen-bond donors (Lipinski definition) is 2. The van der Waals surface area contributed by atoms with Crippen molar-refractivity contribution in [2.75, 3.05) is 7.05 Å². The van der Waals surface area contributed by atoms with Crippen molar-refractivity contribution in [3.63, 3.8) is 0 Å². The van der Waals surface area contributed by atoms with Crippen LogP contribution < -0.4 is 5.32 Å². The van der Waals surface area contributed by atoms with Crippen LogP contribution in [0.4, 0.5) is 0 Å². The molecule has 0 aromatic heterocycles. The highest BCUT2D eigenvalue weighted by atomic mass is 79.9. The summed E-state index contributed by atoms with van der Waals surface area (Å²) in [6, 6.07) is 2.10. The number of phenolic OH excluding ortho intramolecular Hbond substituents is 1. The standard InChI is InChI=1S/C11H16BrNO/c1-6-5-9(12)7(2)10(11(6)14)8(3)13-4/h5,8,13-14H,1-4H3. The van der Waals surface area contributed by atoms with Crippen molar-refractivity contribution < 1.29 is 5.11 Å². The van der Waals surface area contributed by atoms with Crippen molar-refractivity contribution in [2.24, 2.45) is 0 Å². The van der Waals surface area contributed by atoms with Gasteiger partial charge in [0.25, 0.3) is 0 Å². The van der Waals surface area contributed by atoms with E-state index in [1.807, 2.05) is 33.9 Å². The minimum atomic E-state index is 0.159. The lowest BCUT2D eigenvalue weighted by Gasteiger charge is -2.18. The van der Waals surface area contributed by atoms with E-state index in [0.29, 0.717) is 5.75 Å². The van der Waals surface area contributed by atoms with E-state index in [-0.39, 0.29) is 6.04 Å². The molecule has 0 spiro atoms. The van der Waals surface area contributed by atoms with Crippen molar-refractivity contribution in [3.8, 4) is 5.75 Å². The summed E-state index contributed by atoms with van der Waals surface area (Å²) >= 11 is 3.49. The van der Waals surface area contributed by atoms with Gasteiger partial charge < -0.3 is 10.4 Å². The fourth-order valence-corrected chi connectivity index (χ4v) is 2.12. The lowest BCUT2D eigenvalue weighted by molar-refractivity contribution is 0.452. The zero-order chi connectivity index (χ0) is 10.9. The Labute approximate surface area is 93.5 Å². The highest BCUT2D eigenvalue weighted by Crippen LogP contribution is 2.35. The van der Waals surface area contributed by atoms with Gasteiger partial charge in [-0.05, 0) is 45.0 Å². The molecule has 0 bridgehead atoms. The monoisotopic (exact) mass is 257 g/mol. The van der Waals surface area contributed by atoms with Gasteiger partial charge in [0.2, 0.25) is 0 Å². The van der Waals surface area contributed by atoms with Crippen molar-refractivity contribution in [1.29, 1.82) is 0 Å². The number of aryl methyl sites for hydroxylation is 1. The Morgan fingerprint density at radius 3 is 2.50 bits per heavy atom. The fraction of sp³-hybridized carbons (Fsp3) is 0.455. The van der Waals surface area contributed by atoms with Gasteiger partial charge in [-0.1, -0.05) is 15.9 Å². The summed E-state index contributed by atoms with van der Waals surface area (Å²) in [6.07, 6.45) is 0. The SMILES string of the molecule is CNC(C)c1c(C)c(Br)cc(C)c1O. The third-order valence-corrected chi connectivity index (χ3v) is 3.42. The van der Waals surface area contributed by atoms with E-state index < -0.39 is 0 Å². The second-order valence-electron chi connectivity index (χ2n) is 3.57. The van der Waals surface area contributed by atoms with Crippen molar-refractivity contribution >= 4 is 15.9 Å². The average molecular weight is 258 g/mol. The summed E-state index contributed by atoms with van der Waals surface area (Å²) < 4.78 is 1.05. The van der Waals surface area contributed by atoms with Gasteiger partial charge in [-0.2, -0.15) is 0 Å². The lowest BCUT2D eigenvalue weighted by atomic mass is 9.98. The molecule has 1 aromatic carbocycles. The molecule has 78 valence electrons. The predicted molar refractivity (Wildman–Crippen MR) is 62.8 cm³/mol. The van der Waals surface area contributed by atoms with Crippen LogP contribution in [0.3, 0.4) is 0 Å². The second kappa shape index (κ2) is 4.32. The third kappa shape index (κ3) is 1.93. The molecule has 0 aliphatic carbocycles.